The molecule has 0 N–H and O–H groups in total. The van der Waals surface area contributed by atoms with Crippen molar-refractivity contribution in [2.24, 2.45) is 17.8 Å². The van der Waals surface area contributed by atoms with E-state index in [4.69, 9.17) is 0 Å². The molecule has 2 radical (unpaired) electrons. The van der Waals surface area contributed by atoms with Gasteiger partial charge in [0.1, 0.15) is 0 Å². The summed E-state index contributed by atoms with van der Waals surface area (Å²) < 4.78 is 0. The number of carboxylic acids is 3. The van der Waals surface area contributed by atoms with Crippen LogP contribution in [0.25, 0.3) is 0 Å². The molecule has 34 heavy (non-hydrogen) atoms. The minimum atomic E-state index is -0.922. The van der Waals surface area contributed by atoms with Gasteiger partial charge in [-0.2, -0.15) is 0 Å². The first kappa shape index (κ1) is 40.5. The molecule has 0 fully saturated rings. The second-order valence-electron chi connectivity index (χ2n) is 10.1. The van der Waals surface area contributed by atoms with E-state index in [0.29, 0.717) is 0 Å². The van der Waals surface area contributed by atoms with Gasteiger partial charge in [0.25, 0.3) is 0 Å². The average Bonchev–Trinajstić information content (AvgIpc) is 2.67. The second kappa shape index (κ2) is 30.3. The van der Waals surface area contributed by atoms with Crippen LogP contribution in [0.15, 0.2) is 0 Å². The molecule has 0 aromatic heterocycles. The molecule has 0 amide bonds. The summed E-state index contributed by atoms with van der Waals surface area (Å²) in [7, 11) is 0. The Morgan fingerprint density at radius 1 is 0.441 bits per heavy atom. The Morgan fingerprint density at radius 3 is 0.794 bits per heavy atom. The van der Waals surface area contributed by atoms with Crippen LogP contribution in [-0.4, -0.2) is 44.1 Å². The van der Waals surface area contributed by atoms with E-state index in [1.165, 1.54) is 19.3 Å². The van der Waals surface area contributed by atoms with Gasteiger partial charge in [-0.3, -0.25) is 0 Å². The molecule has 0 atom stereocenters. The third-order valence-corrected chi connectivity index (χ3v) is 4.99. The molecule has 0 saturated heterocycles. The van der Waals surface area contributed by atoms with Crippen LogP contribution in [-0.2, 0) is 14.4 Å². The summed E-state index contributed by atoms with van der Waals surface area (Å²) in [5.41, 5.74) is 0. The number of hydrogen-bond donors (Lipinski definition) is 0. The fourth-order valence-corrected chi connectivity index (χ4v) is 3.00. The Balaban J connectivity index is -0.000000196. The summed E-state index contributed by atoms with van der Waals surface area (Å²) in [6, 6.07) is 0. The van der Waals surface area contributed by atoms with Gasteiger partial charge in [-0.1, -0.05) is 99.3 Å². The first-order valence-electron chi connectivity index (χ1n) is 13.0. The maximum atomic E-state index is 9.99. The molecule has 0 aliphatic carbocycles. The summed E-state index contributed by atoms with van der Waals surface area (Å²) in [4.78, 5) is 30.0. The fourth-order valence-electron chi connectivity index (χ4n) is 3.00. The van der Waals surface area contributed by atoms with Crippen LogP contribution in [0.1, 0.15) is 138 Å². The quantitative estimate of drug-likeness (QED) is 0.161. The van der Waals surface area contributed by atoms with Gasteiger partial charge in [-0.15, -0.1) is 0 Å². The Morgan fingerprint density at radius 2 is 0.647 bits per heavy atom. The number of aliphatic carboxylic acids is 3. The van der Waals surface area contributed by atoms with Gasteiger partial charge in [-0.25, -0.2) is 0 Å². The number of carboxylic acid groups (broad SMARTS) is 3. The van der Waals surface area contributed by atoms with E-state index < -0.39 is 17.9 Å². The van der Waals surface area contributed by atoms with Crippen molar-refractivity contribution in [3.8, 4) is 0 Å². The van der Waals surface area contributed by atoms with Crippen LogP contribution < -0.4 is 15.3 Å². The predicted molar refractivity (Wildman–Crippen MR) is 135 cm³/mol. The Hall–Kier alpha value is -0.707. The minimum Gasteiger partial charge on any atom is -0.550 e. The van der Waals surface area contributed by atoms with E-state index >= 15 is 0 Å². The first-order valence-corrected chi connectivity index (χ1v) is 13.0. The maximum absolute atomic E-state index is 9.99. The molecule has 0 rings (SSSR count). The Bertz CT molecular complexity index is 397. The van der Waals surface area contributed by atoms with Crippen LogP contribution in [0.3, 0.4) is 0 Å². The van der Waals surface area contributed by atoms with Crippen LogP contribution in [0.2, 0.25) is 0 Å². The van der Waals surface area contributed by atoms with Crippen molar-refractivity contribution in [1.29, 1.82) is 0 Å². The van der Waals surface area contributed by atoms with Crippen molar-refractivity contribution in [3.05, 3.63) is 0 Å². The van der Waals surface area contributed by atoms with Gasteiger partial charge >= 0.3 is 26.2 Å². The van der Waals surface area contributed by atoms with Crippen molar-refractivity contribution in [2.75, 3.05) is 0 Å². The zero-order chi connectivity index (χ0) is 26.1. The molecule has 0 aromatic rings. The van der Waals surface area contributed by atoms with Crippen LogP contribution in [0.4, 0.5) is 0 Å². The van der Waals surface area contributed by atoms with Crippen molar-refractivity contribution in [2.45, 2.75) is 138 Å². The molecule has 0 saturated carbocycles. The first-order chi connectivity index (χ1) is 15.4. The molecule has 0 aliphatic rings. The summed E-state index contributed by atoms with van der Waals surface area (Å²) in [6.07, 6.45) is 13.1. The van der Waals surface area contributed by atoms with E-state index in [-0.39, 0.29) is 45.5 Å². The van der Waals surface area contributed by atoms with Crippen molar-refractivity contribution in [3.63, 3.8) is 0 Å². The summed E-state index contributed by atoms with van der Waals surface area (Å²) in [5, 5.41) is 30.0. The SMILES string of the molecule is CC(C)CCCCCC(=O)[O-].CC(C)CCCCCC(=O)[O-].CC(C)CCCCCC(=O)[O-].[Bi+3]. The number of carbonyl (C=O) groups is 3. The second-order valence-corrected chi connectivity index (χ2v) is 10.1. The average molecular weight is 681 g/mol. The zero-order valence-corrected chi connectivity index (χ0v) is 26.2. The molecular formula is C27H51BiO6. The number of carbonyl (C=O) groups excluding carboxylic acids is 3. The normalized spacial score (nSPS) is 10.1. The monoisotopic (exact) mass is 680 g/mol. The molecule has 0 unspecified atom stereocenters. The van der Waals surface area contributed by atoms with Crippen LogP contribution in [0, 0.1) is 17.8 Å². The third kappa shape index (κ3) is 52.9. The summed E-state index contributed by atoms with van der Waals surface area (Å²) in [6.45, 7) is 13.1. The molecule has 0 spiro atoms. The van der Waals surface area contributed by atoms with Crippen molar-refractivity contribution in [1.82, 2.24) is 0 Å². The van der Waals surface area contributed by atoms with Gasteiger partial charge in [0.15, 0.2) is 0 Å². The van der Waals surface area contributed by atoms with Gasteiger partial charge in [0.05, 0.1) is 0 Å². The number of unbranched alkanes of at least 4 members (excludes halogenated alkanes) is 6. The van der Waals surface area contributed by atoms with Crippen molar-refractivity contribution >= 4 is 44.1 Å². The minimum absolute atomic E-state index is 0. The molecule has 6 nitrogen and oxygen atoms in total. The number of hydrogen-bond acceptors (Lipinski definition) is 6. The molecule has 0 aromatic carbocycles. The summed E-state index contributed by atoms with van der Waals surface area (Å²) >= 11 is 0. The number of rotatable bonds is 18. The van der Waals surface area contributed by atoms with E-state index in [1.807, 2.05) is 0 Å². The smallest absolute Gasteiger partial charge is 0.550 e. The molecule has 0 bridgehead atoms. The third-order valence-electron chi connectivity index (χ3n) is 4.99. The van der Waals surface area contributed by atoms with Gasteiger partial charge in [0.2, 0.25) is 0 Å². The molecule has 0 heterocycles. The van der Waals surface area contributed by atoms with Gasteiger partial charge < -0.3 is 29.7 Å². The topological polar surface area (TPSA) is 120 Å². The fraction of sp³-hybridized carbons (Fsp3) is 0.889. The standard InChI is InChI=1S/3C9H18O2.Bi/c3*1-8(2)6-4-3-5-7-9(10)11;/h3*8H,3-7H2,1-2H3,(H,10,11);/q;;;+3/p-3. The largest absolute Gasteiger partial charge is 3.00 e. The molecular weight excluding hydrogens is 629 g/mol. The van der Waals surface area contributed by atoms with Crippen LogP contribution in [0.5, 0.6) is 0 Å². The van der Waals surface area contributed by atoms with Gasteiger partial charge in [0, 0.05) is 17.9 Å². The van der Waals surface area contributed by atoms with E-state index in [2.05, 4.69) is 41.5 Å². The van der Waals surface area contributed by atoms with E-state index in [1.54, 1.807) is 0 Å². The Kier molecular flexibility index (Phi) is 36.1. The predicted octanol–water partition coefficient (Wildman–Crippen LogP) is 3.65. The Labute approximate surface area is 228 Å². The molecule has 0 aliphatic heterocycles. The molecule has 7 heteroatoms. The van der Waals surface area contributed by atoms with E-state index in [9.17, 15) is 29.7 Å². The zero-order valence-electron chi connectivity index (χ0n) is 22.7. The van der Waals surface area contributed by atoms with Crippen molar-refractivity contribution < 1.29 is 29.7 Å². The van der Waals surface area contributed by atoms with Crippen LogP contribution >= 0.6 is 0 Å². The van der Waals surface area contributed by atoms with Gasteiger partial charge in [-0.05, 0) is 56.3 Å². The van der Waals surface area contributed by atoms with E-state index in [0.717, 1.165) is 75.5 Å². The molecule has 200 valence electrons. The maximum Gasteiger partial charge on any atom is 3.00 e. The summed E-state index contributed by atoms with van der Waals surface area (Å²) in [5.74, 6) is -0.562.